The topological polar surface area (TPSA) is 77.2 Å². The molecule has 0 aliphatic carbocycles. The van der Waals surface area contributed by atoms with Gasteiger partial charge in [0.2, 0.25) is 5.91 Å². The molecule has 1 aromatic heterocycles. The van der Waals surface area contributed by atoms with Crippen LogP contribution in [0.3, 0.4) is 0 Å². The molecule has 2 rings (SSSR count). The molecule has 1 heterocycles. The lowest BCUT2D eigenvalue weighted by atomic mass is 10.1. The molecule has 0 aliphatic heterocycles. The summed E-state index contributed by atoms with van der Waals surface area (Å²) < 4.78 is 23.1. The number of aromatic nitrogens is 2. The van der Waals surface area contributed by atoms with Gasteiger partial charge in [-0.15, -0.1) is 0 Å². The molecule has 0 unspecified atom stereocenters. The molecule has 0 aliphatic rings. The number of rotatable bonds is 5. The van der Waals surface area contributed by atoms with Crippen molar-refractivity contribution in [1.82, 2.24) is 10.1 Å². The number of carbonyl (C=O) groups is 1. The normalized spacial score (nSPS) is 10.3. The summed E-state index contributed by atoms with van der Waals surface area (Å²) >= 11 is 0. The van der Waals surface area contributed by atoms with E-state index in [0.29, 0.717) is 17.8 Å². The van der Waals surface area contributed by atoms with Crippen LogP contribution in [-0.4, -0.2) is 23.2 Å². The average Bonchev–Trinajstić information content (AvgIpc) is 2.82. The summed E-state index contributed by atoms with van der Waals surface area (Å²) in [6, 6.07) is 4.66. The third-order valence-electron chi connectivity index (χ3n) is 2.63. The molecule has 2 aromatic rings. The maximum Gasteiger partial charge on any atom is 0.328 e. The molecule has 1 aromatic carbocycles. The lowest BCUT2D eigenvalue weighted by molar-refractivity contribution is -0.116. The summed E-state index contributed by atoms with van der Waals surface area (Å²) in [6.07, 6.45) is 0.590. The highest BCUT2D eigenvalue weighted by molar-refractivity contribution is 5.88. The zero-order chi connectivity index (χ0) is 14.5. The van der Waals surface area contributed by atoms with Crippen LogP contribution in [0.5, 0.6) is 5.75 Å². The van der Waals surface area contributed by atoms with Gasteiger partial charge in [-0.3, -0.25) is 10.1 Å². The van der Waals surface area contributed by atoms with Crippen LogP contribution in [0.15, 0.2) is 22.7 Å². The number of hydrogen-bond donors (Lipinski definition) is 1. The van der Waals surface area contributed by atoms with E-state index in [1.165, 1.54) is 19.2 Å². The fraction of sp³-hybridized carbons (Fsp3) is 0.308. The van der Waals surface area contributed by atoms with Crippen molar-refractivity contribution in [3.8, 4) is 5.75 Å². The summed E-state index contributed by atoms with van der Waals surface area (Å²) in [6.45, 7) is 1.65. The first-order valence-electron chi connectivity index (χ1n) is 6.01. The van der Waals surface area contributed by atoms with E-state index in [1.807, 2.05) is 0 Å². The Kier molecular flexibility index (Phi) is 4.29. The summed E-state index contributed by atoms with van der Waals surface area (Å²) in [5.74, 6) is -0.0973. The molecule has 20 heavy (non-hydrogen) atoms. The number of carbonyl (C=O) groups excluding carboxylic acids is 1. The minimum absolute atomic E-state index is 0.0633. The van der Waals surface area contributed by atoms with Gasteiger partial charge < -0.3 is 9.26 Å². The minimum atomic E-state index is -0.446. The van der Waals surface area contributed by atoms with Crippen molar-refractivity contribution in [1.29, 1.82) is 0 Å². The second-order valence-electron chi connectivity index (χ2n) is 4.16. The molecule has 1 amide bonds. The van der Waals surface area contributed by atoms with Crippen LogP contribution in [0.2, 0.25) is 0 Å². The van der Waals surface area contributed by atoms with Gasteiger partial charge in [0.1, 0.15) is 0 Å². The van der Waals surface area contributed by atoms with E-state index in [4.69, 9.17) is 9.26 Å². The van der Waals surface area contributed by atoms with Gasteiger partial charge in [-0.25, -0.2) is 4.39 Å². The maximum absolute atomic E-state index is 13.5. The number of hydrogen-bond acceptors (Lipinski definition) is 5. The van der Waals surface area contributed by atoms with E-state index in [9.17, 15) is 9.18 Å². The number of nitrogens with one attached hydrogen (secondary N) is 1. The Morgan fingerprint density at radius 3 is 2.90 bits per heavy atom. The smallest absolute Gasteiger partial charge is 0.328 e. The van der Waals surface area contributed by atoms with Crippen LogP contribution >= 0.6 is 0 Å². The summed E-state index contributed by atoms with van der Waals surface area (Å²) in [7, 11) is 1.40. The highest BCUT2D eigenvalue weighted by Crippen LogP contribution is 2.18. The van der Waals surface area contributed by atoms with Gasteiger partial charge >= 0.3 is 6.01 Å². The molecule has 7 heteroatoms. The molecule has 0 saturated carbocycles. The first-order valence-corrected chi connectivity index (χ1v) is 6.01. The van der Waals surface area contributed by atoms with Crippen molar-refractivity contribution >= 4 is 11.9 Å². The first kappa shape index (κ1) is 14.0. The number of benzene rings is 1. The quantitative estimate of drug-likeness (QED) is 0.906. The molecule has 0 spiro atoms. The SMILES string of the molecule is COc1ccc(CCC(=O)Nc2nc(C)no2)cc1F. The van der Waals surface area contributed by atoms with E-state index in [0.717, 1.165) is 0 Å². The fourth-order valence-electron chi connectivity index (χ4n) is 1.65. The zero-order valence-electron chi connectivity index (χ0n) is 11.1. The van der Waals surface area contributed by atoms with Gasteiger partial charge in [-0.1, -0.05) is 11.2 Å². The van der Waals surface area contributed by atoms with Crippen LogP contribution < -0.4 is 10.1 Å². The molecule has 0 bridgehead atoms. The van der Waals surface area contributed by atoms with Gasteiger partial charge in [0, 0.05) is 6.42 Å². The maximum atomic E-state index is 13.5. The predicted molar refractivity (Wildman–Crippen MR) is 68.9 cm³/mol. The Bertz CT molecular complexity index is 613. The van der Waals surface area contributed by atoms with Gasteiger partial charge in [0.25, 0.3) is 0 Å². The van der Waals surface area contributed by atoms with Crippen LogP contribution in [0.4, 0.5) is 10.4 Å². The molecular weight excluding hydrogens is 265 g/mol. The van der Waals surface area contributed by atoms with Crippen molar-refractivity contribution in [3.63, 3.8) is 0 Å². The summed E-state index contributed by atoms with van der Waals surface area (Å²) in [5.41, 5.74) is 0.708. The second-order valence-corrected chi connectivity index (χ2v) is 4.16. The van der Waals surface area contributed by atoms with E-state index in [2.05, 4.69) is 15.5 Å². The number of ether oxygens (including phenoxy) is 1. The van der Waals surface area contributed by atoms with Gasteiger partial charge in [-0.05, 0) is 31.0 Å². The second kappa shape index (κ2) is 6.14. The number of aryl methyl sites for hydroxylation is 2. The van der Waals surface area contributed by atoms with E-state index >= 15 is 0 Å². The molecule has 0 fully saturated rings. The van der Waals surface area contributed by atoms with Crippen molar-refractivity contribution in [2.45, 2.75) is 19.8 Å². The van der Waals surface area contributed by atoms with Gasteiger partial charge in [0.15, 0.2) is 17.4 Å². The third-order valence-corrected chi connectivity index (χ3v) is 2.63. The Balaban J connectivity index is 1.88. The molecule has 6 nitrogen and oxygen atoms in total. The van der Waals surface area contributed by atoms with Crippen molar-refractivity contribution in [2.24, 2.45) is 0 Å². The fourth-order valence-corrected chi connectivity index (χ4v) is 1.65. The molecule has 106 valence electrons. The van der Waals surface area contributed by atoms with Gasteiger partial charge in [0.05, 0.1) is 7.11 Å². The molecule has 0 atom stereocenters. The Morgan fingerprint density at radius 2 is 2.30 bits per heavy atom. The van der Waals surface area contributed by atoms with Crippen LogP contribution in [-0.2, 0) is 11.2 Å². The van der Waals surface area contributed by atoms with Crippen molar-refractivity contribution in [2.75, 3.05) is 12.4 Å². The summed E-state index contributed by atoms with van der Waals surface area (Å²) in [4.78, 5) is 15.5. The first-order chi connectivity index (χ1) is 9.58. The van der Waals surface area contributed by atoms with E-state index in [1.54, 1.807) is 13.0 Å². The van der Waals surface area contributed by atoms with Crippen LogP contribution in [0, 0.1) is 12.7 Å². The largest absolute Gasteiger partial charge is 0.494 e. The van der Waals surface area contributed by atoms with E-state index < -0.39 is 5.82 Å². The number of methoxy groups -OCH3 is 1. The third kappa shape index (κ3) is 3.53. The number of amides is 1. The number of anilines is 1. The Hall–Kier alpha value is -2.44. The Labute approximate surface area is 114 Å². The monoisotopic (exact) mass is 279 g/mol. The number of halogens is 1. The Morgan fingerprint density at radius 1 is 1.50 bits per heavy atom. The summed E-state index contributed by atoms with van der Waals surface area (Å²) in [5, 5.41) is 6.03. The minimum Gasteiger partial charge on any atom is -0.494 e. The van der Waals surface area contributed by atoms with Crippen LogP contribution in [0.25, 0.3) is 0 Å². The van der Waals surface area contributed by atoms with E-state index in [-0.39, 0.29) is 24.1 Å². The molecule has 0 saturated heterocycles. The van der Waals surface area contributed by atoms with Crippen molar-refractivity contribution < 1.29 is 18.4 Å². The average molecular weight is 279 g/mol. The lowest BCUT2D eigenvalue weighted by Gasteiger charge is -2.05. The molecular formula is C13H14FN3O3. The number of nitrogens with zero attached hydrogens (tertiary/aromatic N) is 2. The van der Waals surface area contributed by atoms with Crippen LogP contribution in [0.1, 0.15) is 17.8 Å². The highest BCUT2D eigenvalue weighted by atomic mass is 19.1. The molecule has 1 N–H and O–H groups in total. The van der Waals surface area contributed by atoms with Crippen molar-refractivity contribution in [3.05, 3.63) is 35.4 Å². The molecule has 0 radical (unpaired) electrons. The zero-order valence-corrected chi connectivity index (χ0v) is 11.1. The predicted octanol–water partition coefficient (Wildman–Crippen LogP) is 2.10. The highest BCUT2D eigenvalue weighted by Gasteiger charge is 2.09. The van der Waals surface area contributed by atoms with Gasteiger partial charge in [-0.2, -0.15) is 4.98 Å². The standard InChI is InChI=1S/C13H14FN3O3/c1-8-15-13(20-17-8)16-12(18)6-4-9-3-5-11(19-2)10(14)7-9/h3,5,7H,4,6H2,1-2H3,(H,15,16,17,18). The lowest BCUT2D eigenvalue weighted by Crippen LogP contribution is -2.12.